The van der Waals surface area contributed by atoms with E-state index in [1.807, 2.05) is 0 Å². The lowest BCUT2D eigenvalue weighted by Gasteiger charge is -2.09. The molecule has 0 aliphatic rings. The summed E-state index contributed by atoms with van der Waals surface area (Å²) in [5, 5.41) is 0.0346. The maximum Gasteiger partial charge on any atom is 0.149 e. The van der Waals surface area contributed by atoms with Gasteiger partial charge < -0.3 is 10.2 Å². The van der Waals surface area contributed by atoms with E-state index in [2.05, 4.69) is 10.4 Å². The third-order valence-corrected chi connectivity index (χ3v) is 2.36. The molecular formula is C11H11F2N3O. The number of aromatic nitrogens is 1. The Morgan fingerprint density at radius 3 is 2.71 bits per heavy atom. The van der Waals surface area contributed by atoms with Crippen molar-refractivity contribution in [3.05, 3.63) is 35.5 Å². The van der Waals surface area contributed by atoms with Crippen LogP contribution in [-0.2, 0) is 11.3 Å². The van der Waals surface area contributed by atoms with E-state index in [9.17, 15) is 8.78 Å². The van der Waals surface area contributed by atoms with E-state index >= 15 is 0 Å². The minimum Gasteiger partial charge on any atom is -0.378 e. The standard InChI is InChI=1S/C11H11F2N3O/c1-17-5-6-4-9(16-14)10-7(12)2-3-8(13)11(10)15-6/h2-4H,5,14H2,1H3,(H,15,16). The summed E-state index contributed by atoms with van der Waals surface area (Å²) in [6, 6.07) is 3.59. The number of benzene rings is 1. The van der Waals surface area contributed by atoms with Crippen molar-refractivity contribution < 1.29 is 13.5 Å². The Balaban J connectivity index is 2.77. The lowest BCUT2D eigenvalue weighted by molar-refractivity contribution is 0.182. The first-order chi connectivity index (χ1) is 8.17. The molecule has 3 N–H and O–H groups in total. The van der Waals surface area contributed by atoms with Crippen LogP contribution in [0.3, 0.4) is 0 Å². The highest BCUT2D eigenvalue weighted by atomic mass is 19.1. The number of rotatable bonds is 3. The molecule has 0 amide bonds. The normalized spacial score (nSPS) is 10.8. The van der Waals surface area contributed by atoms with E-state index in [1.165, 1.54) is 13.2 Å². The Bertz CT molecular complexity index is 560. The van der Waals surface area contributed by atoms with Crippen molar-refractivity contribution in [3.8, 4) is 0 Å². The Labute approximate surface area is 96.4 Å². The second kappa shape index (κ2) is 4.60. The summed E-state index contributed by atoms with van der Waals surface area (Å²) in [6.07, 6.45) is 0. The molecule has 1 heterocycles. The maximum absolute atomic E-state index is 13.6. The van der Waals surface area contributed by atoms with Gasteiger partial charge in [0.25, 0.3) is 0 Å². The number of hydrogen-bond acceptors (Lipinski definition) is 4. The molecule has 0 spiro atoms. The number of fused-ring (bicyclic) bond motifs is 1. The number of hydrazine groups is 1. The molecular weight excluding hydrogens is 228 g/mol. The zero-order chi connectivity index (χ0) is 12.4. The lowest BCUT2D eigenvalue weighted by Crippen LogP contribution is -2.10. The number of hydrogen-bond donors (Lipinski definition) is 2. The molecule has 6 heteroatoms. The summed E-state index contributed by atoms with van der Waals surface area (Å²) >= 11 is 0. The molecule has 0 atom stereocenters. The highest BCUT2D eigenvalue weighted by Gasteiger charge is 2.13. The summed E-state index contributed by atoms with van der Waals surface area (Å²) in [5.41, 5.74) is 3.02. The third-order valence-electron chi connectivity index (χ3n) is 2.36. The van der Waals surface area contributed by atoms with Gasteiger partial charge in [0.2, 0.25) is 0 Å². The van der Waals surface area contributed by atoms with Crippen LogP contribution in [0.5, 0.6) is 0 Å². The molecule has 0 bridgehead atoms. The van der Waals surface area contributed by atoms with Gasteiger partial charge in [-0.3, -0.25) is 5.84 Å². The van der Waals surface area contributed by atoms with Crippen molar-refractivity contribution in [2.75, 3.05) is 12.5 Å². The summed E-state index contributed by atoms with van der Waals surface area (Å²) in [6.45, 7) is 0.195. The smallest absolute Gasteiger partial charge is 0.149 e. The Morgan fingerprint density at radius 2 is 2.06 bits per heavy atom. The monoisotopic (exact) mass is 239 g/mol. The van der Waals surface area contributed by atoms with Gasteiger partial charge >= 0.3 is 0 Å². The van der Waals surface area contributed by atoms with Gasteiger partial charge in [0, 0.05) is 7.11 Å². The second-order valence-corrected chi connectivity index (χ2v) is 3.49. The van der Waals surface area contributed by atoms with Gasteiger partial charge in [0.05, 0.1) is 23.4 Å². The van der Waals surface area contributed by atoms with E-state index in [0.29, 0.717) is 5.69 Å². The molecule has 90 valence electrons. The fourth-order valence-corrected chi connectivity index (χ4v) is 1.66. The summed E-state index contributed by atoms with van der Waals surface area (Å²) in [4.78, 5) is 4.00. The van der Waals surface area contributed by atoms with Crippen LogP contribution in [0.2, 0.25) is 0 Å². The van der Waals surface area contributed by atoms with Crippen molar-refractivity contribution >= 4 is 16.6 Å². The number of pyridine rings is 1. The molecule has 0 saturated carbocycles. The molecule has 0 unspecified atom stereocenters. The SMILES string of the molecule is COCc1cc(NN)c2c(F)ccc(F)c2n1. The average molecular weight is 239 g/mol. The highest BCUT2D eigenvalue weighted by Crippen LogP contribution is 2.27. The molecule has 0 aliphatic carbocycles. The number of ether oxygens (including phenoxy) is 1. The van der Waals surface area contributed by atoms with E-state index in [4.69, 9.17) is 10.6 Å². The van der Waals surface area contributed by atoms with Crippen LogP contribution in [0.1, 0.15) is 5.69 Å². The van der Waals surface area contributed by atoms with E-state index < -0.39 is 11.6 Å². The van der Waals surface area contributed by atoms with E-state index in [-0.39, 0.29) is 23.2 Å². The second-order valence-electron chi connectivity index (χ2n) is 3.49. The third kappa shape index (κ3) is 2.04. The molecule has 4 nitrogen and oxygen atoms in total. The maximum atomic E-state index is 13.6. The van der Waals surface area contributed by atoms with Crippen molar-refractivity contribution in [2.24, 2.45) is 5.84 Å². The molecule has 0 aliphatic heterocycles. The van der Waals surface area contributed by atoms with Crippen LogP contribution in [-0.4, -0.2) is 12.1 Å². The van der Waals surface area contributed by atoms with Crippen LogP contribution in [0.4, 0.5) is 14.5 Å². The Hall–Kier alpha value is -1.79. The van der Waals surface area contributed by atoms with Crippen molar-refractivity contribution in [1.82, 2.24) is 4.98 Å². The molecule has 17 heavy (non-hydrogen) atoms. The molecule has 2 rings (SSSR count). The van der Waals surface area contributed by atoms with Crippen molar-refractivity contribution in [1.29, 1.82) is 0 Å². The lowest BCUT2D eigenvalue weighted by atomic mass is 10.1. The minimum absolute atomic E-state index is 0.0346. The molecule has 1 aromatic heterocycles. The van der Waals surface area contributed by atoms with Crippen LogP contribution in [0, 0.1) is 11.6 Å². The van der Waals surface area contributed by atoms with Gasteiger partial charge in [-0.05, 0) is 18.2 Å². The molecule has 0 fully saturated rings. The molecule has 0 saturated heterocycles. The van der Waals surface area contributed by atoms with Crippen LogP contribution >= 0.6 is 0 Å². The number of halogens is 2. The number of nitrogens with two attached hydrogens (primary N) is 1. The fourth-order valence-electron chi connectivity index (χ4n) is 1.66. The van der Waals surface area contributed by atoms with Crippen LogP contribution < -0.4 is 11.3 Å². The van der Waals surface area contributed by atoms with E-state index in [0.717, 1.165) is 12.1 Å². The van der Waals surface area contributed by atoms with Gasteiger partial charge in [0.1, 0.15) is 17.2 Å². The predicted molar refractivity (Wildman–Crippen MR) is 60.2 cm³/mol. The van der Waals surface area contributed by atoms with Crippen molar-refractivity contribution in [3.63, 3.8) is 0 Å². The molecule has 2 aromatic rings. The van der Waals surface area contributed by atoms with Gasteiger partial charge in [-0.2, -0.15) is 0 Å². The zero-order valence-electron chi connectivity index (χ0n) is 9.13. The highest BCUT2D eigenvalue weighted by molar-refractivity contribution is 5.92. The number of nitrogen functional groups attached to an aromatic ring is 1. The number of anilines is 1. The average Bonchev–Trinajstić information content (AvgIpc) is 2.33. The summed E-state index contributed by atoms with van der Waals surface area (Å²) in [7, 11) is 1.49. The van der Waals surface area contributed by atoms with E-state index in [1.54, 1.807) is 0 Å². The van der Waals surface area contributed by atoms with Gasteiger partial charge in [-0.1, -0.05) is 0 Å². The molecule has 0 radical (unpaired) electrons. The van der Waals surface area contributed by atoms with Crippen molar-refractivity contribution in [2.45, 2.75) is 6.61 Å². The van der Waals surface area contributed by atoms with Gasteiger partial charge in [-0.25, -0.2) is 13.8 Å². The number of nitrogens with zero attached hydrogens (tertiary/aromatic N) is 1. The van der Waals surface area contributed by atoms with Crippen LogP contribution in [0.15, 0.2) is 18.2 Å². The van der Waals surface area contributed by atoms with Gasteiger partial charge in [-0.15, -0.1) is 0 Å². The first-order valence-corrected chi connectivity index (χ1v) is 4.90. The largest absolute Gasteiger partial charge is 0.378 e. The molecule has 1 aromatic carbocycles. The topological polar surface area (TPSA) is 60.2 Å². The first-order valence-electron chi connectivity index (χ1n) is 4.90. The fraction of sp³-hybridized carbons (Fsp3) is 0.182. The number of nitrogens with one attached hydrogen (secondary N) is 1. The number of methoxy groups -OCH3 is 1. The Morgan fingerprint density at radius 1 is 1.35 bits per heavy atom. The summed E-state index contributed by atoms with van der Waals surface area (Å²) < 4.78 is 32.1. The predicted octanol–water partition coefficient (Wildman–Crippen LogP) is 1.94. The zero-order valence-corrected chi connectivity index (χ0v) is 9.13. The quantitative estimate of drug-likeness (QED) is 0.634. The Kier molecular flexibility index (Phi) is 3.16. The van der Waals surface area contributed by atoms with Gasteiger partial charge in [0.15, 0.2) is 0 Å². The summed E-state index contributed by atoms with van der Waals surface area (Å²) in [5.74, 6) is 4.11. The first kappa shape index (κ1) is 11.7. The minimum atomic E-state index is -0.601. The van der Waals surface area contributed by atoms with Crippen LogP contribution in [0.25, 0.3) is 10.9 Å².